The maximum absolute atomic E-state index is 13.3. The number of nitrogens with one attached hydrogen (secondary N) is 1. The van der Waals surface area contributed by atoms with E-state index in [4.69, 9.17) is 0 Å². The standard InChI is InChI=1S/C22H25FN6O/c23-19-8-4-7-18(15-19)22(30)24-20-10-12-28(13-11-20)16-21-25-26-27-29(21)14-9-17-5-2-1-3-6-17/h1-8,15,20H,9-14,16H2,(H,24,30). The van der Waals surface area contributed by atoms with Gasteiger partial charge in [-0.3, -0.25) is 9.69 Å². The van der Waals surface area contributed by atoms with Crippen molar-refractivity contribution in [1.29, 1.82) is 0 Å². The molecule has 30 heavy (non-hydrogen) atoms. The Hall–Kier alpha value is -3.13. The number of piperidine rings is 1. The monoisotopic (exact) mass is 408 g/mol. The lowest BCUT2D eigenvalue weighted by atomic mass is 10.0. The van der Waals surface area contributed by atoms with Crippen LogP contribution in [0, 0.1) is 5.82 Å². The van der Waals surface area contributed by atoms with E-state index in [0.717, 1.165) is 44.7 Å². The Morgan fingerprint density at radius 2 is 1.90 bits per heavy atom. The summed E-state index contributed by atoms with van der Waals surface area (Å²) in [5.41, 5.74) is 1.61. The number of nitrogens with zero attached hydrogens (tertiary/aromatic N) is 5. The molecule has 1 amide bonds. The summed E-state index contributed by atoms with van der Waals surface area (Å²) < 4.78 is 15.2. The Morgan fingerprint density at radius 3 is 2.67 bits per heavy atom. The van der Waals surface area contributed by atoms with Gasteiger partial charge in [0.2, 0.25) is 0 Å². The molecule has 4 rings (SSSR count). The third kappa shape index (κ3) is 5.27. The number of amides is 1. The van der Waals surface area contributed by atoms with E-state index in [1.165, 1.54) is 17.7 Å². The summed E-state index contributed by atoms with van der Waals surface area (Å²) in [6.07, 6.45) is 2.56. The zero-order valence-corrected chi connectivity index (χ0v) is 16.7. The highest BCUT2D eigenvalue weighted by Gasteiger charge is 2.22. The van der Waals surface area contributed by atoms with E-state index in [2.05, 4.69) is 37.9 Å². The first-order valence-electron chi connectivity index (χ1n) is 10.2. The smallest absolute Gasteiger partial charge is 0.251 e. The molecule has 1 N–H and O–H groups in total. The first-order chi connectivity index (χ1) is 14.7. The molecule has 156 valence electrons. The summed E-state index contributed by atoms with van der Waals surface area (Å²) >= 11 is 0. The number of aryl methyl sites for hydroxylation is 2. The Bertz CT molecular complexity index is 969. The van der Waals surface area contributed by atoms with Crippen LogP contribution < -0.4 is 5.32 Å². The lowest BCUT2D eigenvalue weighted by Crippen LogP contribution is -2.44. The molecule has 0 aliphatic carbocycles. The Balaban J connectivity index is 1.25. The number of halogens is 1. The minimum absolute atomic E-state index is 0.0890. The first kappa shape index (κ1) is 20.2. The fourth-order valence-electron chi connectivity index (χ4n) is 3.72. The van der Waals surface area contributed by atoms with Gasteiger partial charge >= 0.3 is 0 Å². The molecule has 1 saturated heterocycles. The Labute approximate surface area is 174 Å². The number of rotatable bonds is 7. The highest BCUT2D eigenvalue weighted by Crippen LogP contribution is 2.14. The van der Waals surface area contributed by atoms with Crippen molar-refractivity contribution in [3.05, 3.63) is 77.4 Å². The second-order valence-electron chi connectivity index (χ2n) is 7.59. The second-order valence-corrected chi connectivity index (χ2v) is 7.59. The van der Waals surface area contributed by atoms with E-state index in [1.54, 1.807) is 12.1 Å². The molecule has 3 aromatic rings. The van der Waals surface area contributed by atoms with Gasteiger partial charge in [0.15, 0.2) is 5.82 Å². The molecular formula is C22H25FN6O. The third-order valence-corrected chi connectivity index (χ3v) is 5.44. The number of aromatic nitrogens is 4. The van der Waals surface area contributed by atoms with Crippen molar-refractivity contribution in [2.45, 2.75) is 38.4 Å². The van der Waals surface area contributed by atoms with Gasteiger partial charge in [-0.2, -0.15) is 0 Å². The summed E-state index contributed by atoms with van der Waals surface area (Å²) in [6, 6.07) is 16.2. The van der Waals surface area contributed by atoms with Gasteiger partial charge in [0.1, 0.15) is 5.82 Å². The van der Waals surface area contributed by atoms with Crippen molar-refractivity contribution in [3.63, 3.8) is 0 Å². The lowest BCUT2D eigenvalue weighted by Gasteiger charge is -2.31. The molecule has 2 aromatic carbocycles. The van der Waals surface area contributed by atoms with E-state index in [0.29, 0.717) is 12.1 Å². The SMILES string of the molecule is O=C(NC1CCN(Cc2nnnn2CCc2ccccc2)CC1)c1cccc(F)c1. The highest BCUT2D eigenvalue weighted by molar-refractivity contribution is 5.94. The van der Waals surface area contributed by atoms with Gasteiger partial charge in [-0.25, -0.2) is 9.07 Å². The summed E-state index contributed by atoms with van der Waals surface area (Å²) in [7, 11) is 0. The van der Waals surface area contributed by atoms with Crippen molar-refractivity contribution in [1.82, 2.24) is 30.4 Å². The molecule has 0 saturated carbocycles. The number of hydrogen-bond acceptors (Lipinski definition) is 5. The Morgan fingerprint density at radius 1 is 1.10 bits per heavy atom. The van der Waals surface area contributed by atoms with Gasteiger partial charge in [-0.05, 0) is 53.5 Å². The molecule has 0 bridgehead atoms. The van der Waals surface area contributed by atoms with Crippen LogP contribution in [0.5, 0.6) is 0 Å². The number of likely N-dealkylation sites (tertiary alicyclic amines) is 1. The molecule has 2 heterocycles. The number of hydrogen-bond donors (Lipinski definition) is 1. The highest BCUT2D eigenvalue weighted by atomic mass is 19.1. The van der Waals surface area contributed by atoms with Gasteiger partial charge in [0.05, 0.1) is 6.54 Å². The molecule has 1 aromatic heterocycles. The minimum Gasteiger partial charge on any atom is -0.349 e. The maximum Gasteiger partial charge on any atom is 0.251 e. The molecule has 0 radical (unpaired) electrons. The zero-order chi connectivity index (χ0) is 20.8. The van der Waals surface area contributed by atoms with Crippen molar-refractivity contribution in [2.75, 3.05) is 13.1 Å². The molecule has 1 aliphatic heterocycles. The number of tetrazole rings is 1. The first-order valence-corrected chi connectivity index (χ1v) is 10.2. The van der Waals surface area contributed by atoms with Crippen LogP contribution >= 0.6 is 0 Å². The van der Waals surface area contributed by atoms with Crippen molar-refractivity contribution >= 4 is 5.91 Å². The van der Waals surface area contributed by atoms with E-state index in [1.807, 2.05) is 22.9 Å². The van der Waals surface area contributed by atoms with Gasteiger partial charge in [0, 0.05) is 31.2 Å². The van der Waals surface area contributed by atoms with Crippen LogP contribution in [0.2, 0.25) is 0 Å². The second kappa shape index (κ2) is 9.58. The van der Waals surface area contributed by atoms with Crippen LogP contribution in [0.15, 0.2) is 54.6 Å². The normalized spacial score (nSPS) is 15.2. The van der Waals surface area contributed by atoms with Crippen LogP contribution in [0.25, 0.3) is 0 Å². The van der Waals surface area contributed by atoms with Gasteiger partial charge in [-0.1, -0.05) is 36.4 Å². The largest absolute Gasteiger partial charge is 0.349 e. The van der Waals surface area contributed by atoms with Crippen molar-refractivity contribution < 1.29 is 9.18 Å². The average molecular weight is 408 g/mol. The molecular weight excluding hydrogens is 383 g/mol. The van der Waals surface area contributed by atoms with E-state index in [9.17, 15) is 9.18 Å². The van der Waals surface area contributed by atoms with E-state index < -0.39 is 5.82 Å². The van der Waals surface area contributed by atoms with Gasteiger partial charge in [0.25, 0.3) is 5.91 Å². The van der Waals surface area contributed by atoms with Crippen LogP contribution in [-0.2, 0) is 19.5 Å². The summed E-state index contributed by atoms with van der Waals surface area (Å²) in [4.78, 5) is 14.6. The molecule has 8 heteroatoms. The summed E-state index contributed by atoms with van der Waals surface area (Å²) in [5, 5.41) is 15.2. The van der Waals surface area contributed by atoms with Crippen LogP contribution in [0.1, 0.15) is 34.6 Å². The maximum atomic E-state index is 13.3. The van der Waals surface area contributed by atoms with Crippen molar-refractivity contribution in [2.24, 2.45) is 0 Å². The number of benzene rings is 2. The van der Waals surface area contributed by atoms with Crippen LogP contribution in [-0.4, -0.2) is 50.1 Å². The summed E-state index contributed by atoms with van der Waals surface area (Å²) in [6.45, 7) is 3.12. The van der Waals surface area contributed by atoms with Crippen LogP contribution in [0.3, 0.4) is 0 Å². The third-order valence-electron chi connectivity index (χ3n) is 5.44. The quantitative estimate of drug-likeness (QED) is 0.650. The zero-order valence-electron chi connectivity index (χ0n) is 16.7. The van der Waals surface area contributed by atoms with Gasteiger partial charge < -0.3 is 5.32 Å². The number of carbonyl (C=O) groups is 1. The molecule has 0 atom stereocenters. The summed E-state index contributed by atoms with van der Waals surface area (Å²) in [5.74, 6) is 0.230. The van der Waals surface area contributed by atoms with Gasteiger partial charge in [-0.15, -0.1) is 5.10 Å². The van der Waals surface area contributed by atoms with E-state index >= 15 is 0 Å². The predicted octanol–water partition coefficient (Wildman–Crippen LogP) is 2.45. The lowest BCUT2D eigenvalue weighted by molar-refractivity contribution is 0.0907. The molecule has 1 aliphatic rings. The van der Waals surface area contributed by atoms with E-state index in [-0.39, 0.29) is 11.9 Å². The average Bonchev–Trinajstić information content (AvgIpc) is 3.21. The minimum atomic E-state index is -0.401. The molecule has 7 nitrogen and oxygen atoms in total. The molecule has 0 spiro atoms. The molecule has 1 fully saturated rings. The van der Waals surface area contributed by atoms with Crippen molar-refractivity contribution in [3.8, 4) is 0 Å². The fraction of sp³-hybridized carbons (Fsp3) is 0.364. The topological polar surface area (TPSA) is 75.9 Å². The van der Waals surface area contributed by atoms with Crippen LogP contribution in [0.4, 0.5) is 4.39 Å². The Kier molecular flexibility index (Phi) is 6.44. The fourth-order valence-corrected chi connectivity index (χ4v) is 3.72. The predicted molar refractivity (Wildman–Crippen MR) is 110 cm³/mol. The number of carbonyl (C=O) groups excluding carboxylic acids is 1. The molecule has 0 unspecified atom stereocenters.